The first-order chi connectivity index (χ1) is 10.0. The lowest BCUT2D eigenvalue weighted by atomic mass is 9.96. The second kappa shape index (κ2) is 5.96. The van der Waals surface area contributed by atoms with Gasteiger partial charge in [0.25, 0.3) is 0 Å². The molecule has 1 fully saturated rings. The first kappa shape index (κ1) is 14.8. The molecule has 1 N–H and O–H groups in total. The van der Waals surface area contributed by atoms with E-state index in [1.807, 2.05) is 0 Å². The molecule has 0 saturated carbocycles. The van der Waals surface area contributed by atoms with Crippen molar-refractivity contribution in [2.45, 2.75) is 58.4 Å². The number of aromatic nitrogens is 1. The molecule has 116 valence electrons. The molecule has 1 atom stereocenters. The van der Waals surface area contributed by atoms with Crippen LogP contribution in [0.3, 0.4) is 0 Å². The number of nitrogens with one attached hydrogen (secondary N) is 1. The number of hydrogen-bond acceptors (Lipinski definition) is 3. The van der Waals surface area contributed by atoms with Crippen molar-refractivity contribution in [3.8, 4) is 0 Å². The number of rotatable bonds is 3. The van der Waals surface area contributed by atoms with Gasteiger partial charge < -0.3 is 10.2 Å². The van der Waals surface area contributed by atoms with E-state index in [0.29, 0.717) is 0 Å². The van der Waals surface area contributed by atoms with Gasteiger partial charge in [-0.3, -0.25) is 0 Å². The van der Waals surface area contributed by atoms with Crippen LogP contribution in [0.1, 0.15) is 51.3 Å². The van der Waals surface area contributed by atoms with Crippen molar-refractivity contribution >= 4 is 5.82 Å². The molecular weight excluding hydrogens is 258 g/mol. The van der Waals surface area contributed by atoms with E-state index in [9.17, 15) is 0 Å². The maximum atomic E-state index is 4.93. The van der Waals surface area contributed by atoms with Crippen molar-refractivity contribution in [2.75, 3.05) is 24.5 Å². The van der Waals surface area contributed by atoms with Gasteiger partial charge in [0.1, 0.15) is 5.82 Å². The van der Waals surface area contributed by atoms with Gasteiger partial charge in [-0.25, -0.2) is 4.98 Å². The van der Waals surface area contributed by atoms with Gasteiger partial charge in [0, 0.05) is 30.9 Å². The lowest BCUT2D eigenvalue weighted by Gasteiger charge is -2.35. The Morgan fingerprint density at radius 1 is 1.24 bits per heavy atom. The zero-order chi connectivity index (χ0) is 14.9. The molecule has 1 unspecified atom stereocenters. The average Bonchev–Trinajstić information content (AvgIpc) is 2.92. The monoisotopic (exact) mass is 287 g/mol. The maximum absolute atomic E-state index is 4.93. The molecular formula is C18H29N3. The fourth-order valence-corrected chi connectivity index (χ4v) is 3.48. The summed E-state index contributed by atoms with van der Waals surface area (Å²) in [6.07, 6.45) is 6.30. The highest BCUT2D eigenvalue weighted by molar-refractivity contribution is 5.43. The van der Waals surface area contributed by atoms with E-state index in [1.165, 1.54) is 49.2 Å². The third kappa shape index (κ3) is 3.76. The zero-order valence-corrected chi connectivity index (χ0v) is 13.8. The normalized spacial score (nSPS) is 22.4. The average molecular weight is 287 g/mol. The summed E-state index contributed by atoms with van der Waals surface area (Å²) >= 11 is 0. The van der Waals surface area contributed by atoms with E-state index in [2.05, 4.69) is 43.1 Å². The molecule has 1 saturated heterocycles. The van der Waals surface area contributed by atoms with Gasteiger partial charge in [-0.2, -0.15) is 0 Å². The topological polar surface area (TPSA) is 28.2 Å². The number of fused-ring (bicyclic) bond motifs is 1. The Morgan fingerprint density at radius 3 is 2.90 bits per heavy atom. The molecule has 2 heterocycles. The summed E-state index contributed by atoms with van der Waals surface area (Å²) in [7, 11) is 0. The number of pyridine rings is 1. The summed E-state index contributed by atoms with van der Waals surface area (Å²) in [5, 5.41) is 3.66. The summed E-state index contributed by atoms with van der Waals surface area (Å²) in [4.78, 5) is 7.42. The van der Waals surface area contributed by atoms with Crippen molar-refractivity contribution in [2.24, 2.45) is 5.92 Å². The summed E-state index contributed by atoms with van der Waals surface area (Å²) in [5.41, 5.74) is 3.04. The summed E-state index contributed by atoms with van der Waals surface area (Å²) in [6.45, 7) is 10.2. The van der Waals surface area contributed by atoms with Crippen molar-refractivity contribution < 1.29 is 0 Å². The number of aryl methyl sites for hydroxylation is 2. The fraction of sp³-hybridized carbons (Fsp3) is 0.722. The van der Waals surface area contributed by atoms with Gasteiger partial charge in [0.05, 0.1) is 0 Å². The largest absolute Gasteiger partial charge is 0.356 e. The zero-order valence-electron chi connectivity index (χ0n) is 13.8. The molecule has 21 heavy (non-hydrogen) atoms. The summed E-state index contributed by atoms with van der Waals surface area (Å²) in [6, 6.07) is 4.55. The first-order valence-corrected chi connectivity index (χ1v) is 8.50. The molecule has 3 heteroatoms. The molecule has 1 aromatic heterocycles. The predicted molar refractivity (Wildman–Crippen MR) is 89.0 cm³/mol. The van der Waals surface area contributed by atoms with Crippen LogP contribution in [0.4, 0.5) is 5.82 Å². The highest BCUT2D eigenvalue weighted by Crippen LogP contribution is 2.26. The van der Waals surface area contributed by atoms with Gasteiger partial charge in [-0.1, -0.05) is 6.07 Å². The Kier molecular flexibility index (Phi) is 4.21. The minimum absolute atomic E-state index is 0.216. The van der Waals surface area contributed by atoms with Crippen LogP contribution in [0, 0.1) is 5.92 Å². The SMILES string of the molecule is CC(C)(C)NCC1CCCN(c2ccc3c(n2)CCC3)C1. The highest BCUT2D eigenvalue weighted by Gasteiger charge is 2.23. The summed E-state index contributed by atoms with van der Waals surface area (Å²) < 4.78 is 0. The molecule has 3 rings (SSSR count). The van der Waals surface area contributed by atoms with Gasteiger partial charge in [0.15, 0.2) is 0 Å². The summed E-state index contributed by atoms with van der Waals surface area (Å²) in [5.74, 6) is 1.95. The molecule has 1 aromatic rings. The molecule has 1 aliphatic carbocycles. The van der Waals surface area contributed by atoms with Crippen molar-refractivity contribution in [3.05, 3.63) is 23.4 Å². The predicted octanol–water partition coefficient (Wildman–Crippen LogP) is 3.17. The van der Waals surface area contributed by atoms with E-state index in [0.717, 1.165) is 25.6 Å². The quantitative estimate of drug-likeness (QED) is 0.925. The Hall–Kier alpha value is -1.09. The van der Waals surface area contributed by atoms with Crippen LogP contribution in [0.15, 0.2) is 12.1 Å². The second-order valence-corrected chi connectivity index (χ2v) is 7.71. The van der Waals surface area contributed by atoms with Crippen molar-refractivity contribution in [1.29, 1.82) is 0 Å². The first-order valence-electron chi connectivity index (χ1n) is 8.50. The van der Waals surface area contributed by atoms with Crippen molar-refractivity contribution in [3.63, 3.8) is 0 Å². The molecule has 0 bridgehead atoms. The molecule has 3 nitrogen and oxygen atoms in total. The molecule has 0 radical (unpaired) electrons. The van der Waals surface area contributed by atoms with Crippen LogP contribution < -0.4 is 10.2 Å². The molecule has 2 aliphatic rings. The number of anilines is 1. The number of nitrogens with zero attached hydrogens (tertiary/aromatic N) is 2. The van der Waals surface area contributed by atoms with E-state index in [-0.39, 0.29) is 5.54 Å². The Bertz CT molecular complexity index is 490. The number of piperidine rings is 1. The minimum atomic E-state index is 0.216. The second-order valence-electron chi connectivity index (χ2n) is 7.71. The molecule has 0 aromatic carbocycles. The van der Waals surface area contributed by atoms with Crippen LogP contribution in [0.2, 0.25) is 0 Å². The minimum Gasteiger partial charge on any atom is -0.356 e. The molecule has 1 aliphatic heterocycles. The lowest BCUT2D eigenvalue weighted by molar-refractivity contribution is 0.335. The lowest BCUT2D eigenvalue weighted by Crippen LogP contribution is -2.44. The van der Waals surface area contributed by atoms with E-state index in [1.54, 1.807) is 0 Å². The van der Waals surface area contributed by atoms with E-state index >= 15 is 0 Å². The van der Waals surface area contributed by atoms with Crippen LogP contribution in [-0.2, 0) is 12.8 Å². The van der Waals surface area contributed by atoms with E-state index < -0.39 is 0 Å². The Balaban J connectivity index is 1.63. The Labute approximate surface area is 129 Å². The van der Waals surface area contributed by atoms with Crippen LogP contribution in [0.25, 0.3) is 0 Å². The Morgan fingerprint density at radius 2 is 2.10 bits per heavy atom. The van der Waals surface area contributed by atoms with Crippen LogP contribution in [0.5, 0.6) is 0 Å². The third-order valence-electron chi connectivity index (χ3n) is 4.68. The van der Waals surface area contributed by atoms with E-state index in [4.69, 9.17) is 4.98 Å². The van der Waals surface area contributed by atoms with Crippen molar-refractivity contribution in [1.82, 2.24) is 10.3 Å². The van der Waals surface area contributed by atoms with Crippen LogP contribution >= 0.6 is 0 Å². The van der Waals surface area contributed by atoms with Crippen LogP contribution in [-0.4, -0.2) is 30.2 Å². The van der Waals surface area contributed by atoms with Gasteiger partial charge >= 0.3 is 0 Å². The van der Waals surface area contributed by atoms with Gasteiger partial charge in [-0.15, -0.1) is 0 Å². The molecule has 0 spiro atoms. The third-order valence-corrected chi connectivity index (χ3v) is 4.68. The fourth-order valence-electron chi connectivity index (χ4n) is 3.48. The standard InChI is InChI=1S/C18H29N3/c1-18(2,3)19-12-14-6-5-11-21(13-14)17-10-9-15-7-4-8-16(15)20-17/h9-10,14,19H,4-8,11-13H2,1-3H3. The smallest absolute Gasteiger partial charge is 0.128 e. The molecule has 0 amide bonds. The van der Waals surface area contributed by atoms with Gasteiger partial charge in [-0.05, 0) is 70.4 Å². The van der Waals surface area contributed by atoms with Gasteiger partial charge in [0.2, 0.25) is 0 Å². The maximum Gasteiger partial charge on any atom is 0.128 e. The number of hydrogen-bond donors (Lipinski definition) is 1. The highest BCUT2D eigenvalue weighted by atomic mass is 15.2.